The van der Waals surface area contributed by atoms with Crippen molar-refractivity contribution in [3.05, 3.63) is 0 Å². The number of hydrogen-bond acceptors (Lipinski definition) is 3. The van der Waals surface area contributed by atoms with Gasteiger partial charge in [0.05, 0.1) is 0 Å². The third kappa shape index (κ3) is 1.73. The van der Waals surface area contributed by atoms with Crippen LogP contribution < -0.4 is 0 Å². The van der Waals surface area contributed by atoms with Gasteiger partial charge in [-0.1, -0.05) is 6.42 Å². The summed E-state index contributed by atoms with van der Waals surface area (Å²) in [6.07, 6.45) is 5.19. The number of rotatable bonds is 1. The lowest BCUT2D eigenvalue weighted by Gasteiger charge is -2.46. The van der Waals surface area contributed by atoms with Gasteiger partial charge >= 0.3 is 0 Å². The molecule has 13 heavy (non-hydrogen) atoms. The van der Waals surface area contributed by atoms with E-state index in [9.17, 15) is 10.2 Å². The third-order valence-corrected chi connectivity index (χ3v) is 3.55. The van der Waals surface area contributed by atoms with Crippen molar-refractivity contribution in [1.29, 1.82) is 0 Å². The molecule has 0 spiro atoms. The molecule has 2 heterocycles. The van der Waals surface area contributed by atoms with Crippen LogP contribution in [-0.4, -0.2) is 40.5 Å². The average Bonchev–Trinajstić information content (AvgIpc) is 2.19. The van der Waals surface area contributed by atoms with Gasteiger partial charge in [0.2, 0.25) is 0 Å². The lowest BCUT2D eigenvalue weighted by molar-refractivity contribution is -0.100. The summed E-state index contributed by atoms with van der Waals surface area (Å²) in [5, 5.41) is 19.0. The maximum absolute atomic E-state index is 9.76. The molecule has 3 nitrogen and oxygen atoms in total. The van der Waals surface area contributed by atoms with Gasteiger partial charge in [-0.05, 0) is 31.6 Å². The molecule has 0 bridgehead atoms. The van der Waals surface area contributed by atoms with E-state index in [0.29, 0.717) is 12.0 Å². The van der Waals surface area contributed by atoms with Crippen LogP contribution in [-0.2, 0) is 0 Å². The zero-order valence-corrected chi connectivity index (χ0v) is 8.02. The number of hydrogen-bond donors (Lipinski definition) is 2. The van der Waals surface area contributed by atoms with Gasteiger partial charge in [-0.3, -0.25) is 4.90 Å². The molecule has 2 saturated heterocycles. The maximum atomic E-state index is 9.76. The number of aliphatic hydroxyl groups is 2. The summed E-state index contributed by atoms with van der Waals surface area (Å²) < 4.78 is 0. The predicted molar refractivity (Wildman–Crippen MR) is 50.2 cm³/mol. The molecular weight excluding hydrogens is 166 g/mol. The van der Waals surface area contributed by atoms with Crippen LogP contribution in [0.2, 0.25) is 0 Å². The molecule has 3 unspecified atom stereocenters. The normalized spacial score (nSPS) is 41.5. The van der Waals surface area contributed by atoms with Gasteiger partial charge in [-0.2, -0.15) is 0 Å². The van der Waals surface area contributed by atoms with Crippen LogP contribution in [0.4, 0.5) is 0 Å². The number of aliphatic hydroxyl groups excluding tert-OH is 2. The summed E-state index contributed by atoms with van der Waals surface area (Å²) in [6.45, 7) is 1.30. The lowest BCUT2D eigenvalue weighted by atomic mass is 9.83. The van der Waals surface area contributed by atoms with Crippen LogP contribution >= 0.6 is 0 Å². The average molecular weight is 185 g/mol. The fraction of sp³-hybridized carbons (Fsp3) is 1.00. The third-order valence-electron chi connectivity index (χ3n) is 3.55. The molecule has 3 heteroatoms. The van der Waals surface area contributed by atoms with Crippen molar-refractivity contribution in [2.24, 2.45) is 5.92 Å². The van der Waals surface area contributed by atoms with Gasteiger partial charge in [0.15, 0.2) is 0 Å². The molecule has 2 rings (SSSR count). The summed E-state index contributed by atoms with van der Waals surface area (Å²) in [5.41, 5.74) is 0. The minimum Gasteiger partial charge on any atom is -0.396 e. The summed E-state index contributed by atoms with van der Waals surface area (Å²) >= 11 is 0. The van der Waals surface area contributed by atoms with Gasteiger partial charge in [0.25, 0.3) is 0 Å². The van der Waals surface area contributed by atoms with Gasteiger partial charge in [-0.15, -0.1) is 0 Å². The van der Waals surface area contributed by atoms with Gasteiger partial charge in [0.1, 0.15) is 6.23 Å². The zero-order valence-electron chi connectivity index (χ0n) is 8.02. The first-order chi connectivity index (χ1) is 6.33. The van der Waals surface area contributed by atoms with Crippen LogP contribution in [0.15, 0.2) is 0 Å². The Morgan fingerprint density at radius 1 is 1.15 bits per heavy atom. The molecular formula is C10H19NO2. The summed E-state index contributed by atoms with van der Waals surface area (Å²) in [4.78, 5) is 2.19. The van der Waals surface area contributed by atoms with E-state index in [0.717, 1.165) is 25.8 Å². The monoisotopic (exact) mass is 185 g/mol. The molecule has 2 aliphatic rings. The summed E-state index contributed by atoms with van der Waals surface area (Å²) in [6, 6.07) is 0.447. The second-order valence-electron chi connectivity index (χ2n) is 4.30. The van der Waals surface area contributed by atoms with Crippen molar-refractivity contribution < 1.29 is 10.2 Å². The highest BCUT2D eigenvalue weighted by molar-refractivity contribution is 4.88. The Hall–Kier alpha value is -0.120. The van der Waals surface area contributed by atoms with Crippen LogP contribution in [0.1, 0.15) is 32.1 Å². The standard InChI is InChI=1S/C10H19NO2/c12-7-8-4-5-10(13)11-6-2-1-3-9(8)11/h8-10,12-13H,1-7H2. The highest BCUT2D eigenvalue weighted by atomic mass is 16.3. The van der Waals surface area contributed by atoms with Crippen molar-refractivity contribution in [2.75, 3.05) is 13.2 Å². The van der Waals surface area contributed by atoms with Crippen molar-refractivity contribution in [1.82, 2.24) is 4.90 Å². The first-order valence-electron chi connectivity index (χ1n) is 5.37. The van der Waals surface area contributed by atoms with E-state index >= 15 is 0 Å². The lowest BCUT2D eigenvalue weighted by Crippen LogP contribution is -2.54. The van der Waals surface area contributed by atoms with Gasteiger partial charge in [0, 0.05) is 19.2 Å². The van der Waals surface area contributed by atoms with E-state index in [1.165, 1.54) is 12.8 Å². The van der Waals surface area contributed by atoms with E-state index in [4.69, 9.17) is 0 Å². The molecule has 2 fully saturated rings. The molecule has 0 aliphatic carbocycles. The topological polar surface area (TPSA) is 43.7 Å². The second-order valence-corrected chi connectivity index (χ2v) is 4.30. The van der Waals surface area contributed by atoms with E-state index in [1.807, 2.05) is 0 Å². The Labute approximate surface area is 79.4 Å². The first-order valence-corrected chi connectivity index (χ1v) is 5.37. The van der Waals surface area contributed by atoms with E-state index in [2.05, 4.69) is 4.90 Å². The molecule has 0 radical (unpaired) electrons. The van der Waals surface area contributed by atoms with Crippen molar-refractivity contribution in [2.45, 2.75) is 44.4 Å². The Morgan fingerprint density at radius 3 is 2.77 bits per heavy atom. The molecule has 0 saturated carbocycles. The van der Waals surface area contributed by atoms with E-state index in [-0.39, 0.29) is 12.8 Å². The van der Waals surface area contributed by atoms with Gasteiger partial charge < -0.3 is 10.2 Å². The molecule has 0 aromatic heterocycles. The second kappa shape index (κ2) is 3.95. The number of piperidine rings is 2. The summed E-state index contributed by atoms with van der Waals surface area (Å²) in [5.74, 6) is 0.406. The SMILES string of the molecule is OCC1CCC(O)N2CCCCC12. The molecule has 76 valence electrons. The van der Waals surface area contributed by atoms with Crippen LogP contribution in [0.3, 0.4) is 0 Å². The molecule has 0 amide bonds. The Balaban J connectivity index is 2.05. The van der Waals surface area contributed by atoms with Crippen molar-refractivity contribution in [3.63, 3.8) is 0 Å². The molecule has 2 aliphatic heterocycles. The van der Waals surface area contributed by atoms with E-state index < -0.39 is 0 Å². The molecule has 0 aromatic carbocycles. The molecule has 3 atom stereocenters. The zero-order chi connectivity index (χ0) is 9.26. The van der Waals surface area contributed by atoms with Crippen molar-refractivity contribution in [3.8, 4) is 0 Å². The number of fused-ring (bicyclic) bond motifs is 1. The van der Waals surface area contributed by atoms with E-state index in [1.54, 1.807) is 0 Å². The predicted octanol–water partition coefficient (Wildman–Crippen LogP) is 0.562. The summed E-state index contributed by atoms with van der Waals surface area (Å²) in [7, 11) is 0. The molecule has 0 aromatic rings. The Bertz CT molecular complexity index is 174. The van der Waals surface area contributed by atoms with Crippen molar-refractivity contribution >= 4 is 0 Å². The van der Waals surface area contributed by atoms with Crippen LogP contribution in [0.25, 0.3) is 0 Å². The maximum Gasteiger partial charge on any atom is 0.107 e. The largest absolute Gasteiger partial charge is 0.396 e. The minimum absolute atomic E-state index is 0.243. The highest BCUT2D eigenvalue weighted by Crippen LogP contribution is 2.32. The minimum atomic E-state index is -0.243. The number of nitrogens with zero attached hydrogens (tertiary/aromatic N) is 1. The smallest absolute Gasteiger partial charge is 0.107 e. The highest BCUT2D eigenvalue weighted by Gasteiger charge is 2.36. The first kappa shape index (κ1) is 9.44. The molecule has 2 N–H and O–H groups in total. The Morgan fingerprint density at radius 2 is 2.00 bits per heavy atom. The quantitative estimate of drug-likeness (QED) is 0.627. The fourth-order valence-corrected chi connectivity index (χ4v) is 2.79. The van der Waals surface area contributed by atoms with Crippen LogP contribution in [0.5, 0.6) is 0 Å². The van der Waals surface area contributed by atoms with Crippen LogP contribution in [0, 0.1) is 5.92 Å². The Kier molecular flexibility index (Phi) is 2.86. The fourth-order valence-electron chi connectivity index (χ4n) is 2.79. The van der Waals surface area contributed by atoms with Gasteiger partial charge in [-0.25, -0.2) is 0 Å².